The van der Waals surface area contributed by atoms with Gasteiger partial charge < -0.3 is 8.80 Å². The van der Waals surface area contributed by atoms with Gasteiger partial charge in [0.25, 0.3) is 0 Å². The third-order valence-corrected chi connectivity index (χ3v) is 15.6. The quantitative estimate of drug-likeness (QED) is 0.165. The van der Waals surface area contributed by atoms with Crippen molar-refractivity contribution in [2.75, 3.05) is 0 Å². The zero-order valence-electron chi connectivity index (χ0n) is 35.1. The highest BCUT2D eigenvalue weighted by molar-refractivity contribution is 6.31. The lowest BCUT2D eigenvalue weighted by atomic mass is 9.81. The maximum Gasteiger partial charge on any atom is 0.0626 e. The van der Waals surface area contributed by atoms with E-state index in [0.29, 0.717) is 0 Å². The Bertz CT molecular complexity index is 3880. The number of benzene rings is 9. The SMILES string of the molecule is CC1(C)c2ccccc2-c2ccc(-c3ccc4c5cc6c(cc5n5c7ccccc7c3c45)c3ccc(-c4ccc5c(c4)C(C)(C)c4ccccc4-5)c4c5ccccc5n6c34)cc21. The summed E-state index contributed by atoms with van der Waals surface area (Å²) < 4.78 is 5.13. The molecule has 2 aliphatic carbocycles. The molecule has 0 aliphatic heterocycles. The Morgan fingerprint density at radius 3 is 1.15 bits per heavy atom. The third-order valence-electron chi connectivity index (χ3n) is 15.6. The highest BCUT2D eigenvalue weighted by Gasteiger charge is 2.37. The molecular weight excluding hydrogens is 749 g/mol. The molecule has 62 heavy (non-hydrogen) atoms. The van der Waals surface area contributed by atoms with Gasteiger partial charge in [0.2, 0.25) is 0 Å². The minimum Gasteiger partial charge on any atom is -0.308 e. The number of fused-ring (bicyclic) bond motifs is 18. The van der Waals surface area contributed by atoms with Crippen molar-refractivity contribution in [3.8, 4) is 44.5 Å². The fraction of sp³-hybridized carbons (Fsp3) is 0.100. The molecule has 0 bridgehead atoms. The fourth-order valence-electron chi connectivity index (χ4n) is 12.7. The van der Waals surface area contributed by atoms with E-state index < -0.39 is 0 Å². The second-order valence-electron chi connectivity index (χ2n) is 19.2. The van der Waals surface area contributed by atoms with Crippen molar-refractivity contribution in [2.24, 2.45) is 0 Å². The van der Waals surface area contributed by atoms with Crippen molar-refractivity contribution in [1.29, 1.82) is 0 Å². The van der Waals surface area contributed by atoms with E-state index in [0.717, 1.165) is 0 Å². The second kappa shape index (κ2) is 10.9. The van der Waals surface area contributed by atoms with Gasteiger partial charge in [0.15, 0.2) is 0 Å². The maximum absolute atomic E-state index is 2.56. The first kappa shape index (κ1) is 33.3. The Hall–Kier alpha value is -7.42. The first-order valence-electron chi connectivity index (χ1n) is 22.1. The van der Waals surface area contributed by atoms with Crippen LogP contribution in [0, 0.1) is 0 Å². The van der Waals surface area contributed by atoms with Crippen molar-refractivity contribution in [2.45, 2.75) is 38.5 Å². The molecule has 9 aromatic carbocycles. The Kier molecular flexibility index (Phi) is 5.86. The minimum atomic E-state index is -0.0600. The summed E-state index contributed by atoms with van der Waals surface area (Å²) >= 11 is 0. The van der Waals surface area contributed by atoms with Crippen LogP contribution >= 0.6 is 0 Å². The number of nitrogens with zero attached hydrogens (tertiary/aromatic N) is 2. The molecule has 0 unspecified atom stereocenters. The summed E-state index contributed by atoms with van der Waals surface area (Å²) in [6.45, 7) is 9.51. The molecule has 0 saturated carbocycles. The van der Waals surface area contributed by atoms with Gasteiger partial charge in [-0.25, -0.2) is 0 Å². The summed E-state index contributed by atoms with van der Waals surface area (Å²) in [5.41, 5.74) is 23.8. The number of para-hydroxylation sites is 2. The summed E-state index contributed by atoms with van der Waals surface area (Å²) in [5.74, 6) is 0. The Labute approximate surface area is 358 Å². The highest BCUT2D eigenvalue weighted by Crippen LogP contribution is 2.53. The van der Waals surface area contributed by atoms with E-state index in [9.17, 15) is 0 Å². The van der Waals surface area contributed by atoms with E-state index in [1.165, 1.54) is 143 Å². The molecule has 13 aromatic rings. The van der Waals surface area contributed by atoms with Gasteiger partial charge in [-0.1, -0.05) is 161 Å². The van der Waals surface area contributed by atoms with E-state index in [4.69, 9.17) is 0 Å². The summed E-state index contributed by atoms with van der Waals surface area (Å²) in [6, 6.07) is 64.9. The predicted molar refractivity (Wildman–Crippen MR) is 262 cm³/mol. The molecule has 15 rings (SSSR count). The topological polar surface area (TPSA) is 8.82 Å². The number of aromatic nitrogens is 2. The van der Waals surface area contributed by atoms with Crippen molar-refractivity contribution in [3.05, 3.63) is 192 Å². The third kappa shape index (κ3) is 3.77. The van der Waals surface area contributed by atoms with Crippen LogP contribution in [-0.4, -0.2) is 8.80 Å². The van der Waals surface area contributed by atoms with Gasteiger partial charge in [0, 0.05) is 53.9 Å². The van der Waals surface area contributed by atoms with Crippen molar-refractivity contribution in [1.82, 2.24) is 8.80 Å². The Balaban J connectivity index is 0.988. The van der Waals surface area contributed by atoms with Crippen molar-refractivity contribution >= 4 is 76.2 Å². The van der Waals surface area contributed by atoms with E-state index >= 15 is 0 Å². The lowest BCUT2D eigenvalue weighted by Crippen LogP contribution is -2.14. The molecule has 0 N–H and O–H groups in total. The number of hydrogen-bond donors (Lipinski definition) is 0. The molecule has 0 atom stereocenters. The van der Waals surface area contributed by atoms with Gasteiger partial charge >= 0.3 is 0 Å². The average molecular weight is 789 g/mol. The molecule has 0 saturated heterocycles. The number of hydrogen-bond acceptors (Lipinski definition) is 0. The van der Waals surface area contributed by atoms with Crippen LogP contribution in [0.2, 0.25) is 0 Å². The van der Waals surface area contributed by atoms with Gasteiger partial charge in [0.1, 0.15) is 0 Å². The van der Waals surface area contributed by atoms with Crippen LogP contribution in [0.4, 0.5) is 0 Å². The molecule has 2 aliphatic rings. The molecule has 0 amide bonds. The molecular formula is C60H40N2. The molecule has 0 radical (unpaired) electrons. The van der Waals surface area contributed by atoms with Crippen molar-refractivity contribution in [3.63, 3.8) is 0 Å². The molecule has 0 spiro atoms. The highest BCUT2D eigenvalue weighted by atomic mass is 14.9. The minimum absolute atomic E-state index is 0.0600. The summed E-state index contributed by atoms with van der Waals surface area (Å²) in [6.07, 6.45) is 0. The average Bonchev–Trinajstić information content (AvgIpc) is 4.11. The van der Waals surface area contributed by atoms with E-state index in [2.05, 4.69) is 206 Å². The van der Waals surface area contributed by atoms with Crippen molar-refractivity contribution < 1.29 is 0 Å². The maximum atomic E-state index is 2.56. The first-order valence-corrected chi connectivity index (χ1v) is 22.1. The van der Waals surface area contributed by atoms with Crippen LogP contribution < -0.4 is 0 Å². The molecule has 4 heterocycles. The van der Waals surface area contributed by atoms with Gasteiger partial charge in [-0.15, -0.1) is 0 Å². The lowest BCUT2D eigenvalue weighted by molar-refractivity contribution is 0.660. The van der Waals surface area contributed by atoms with Crippen LogP contribution in [0.15, 0.2) is 170 Å². The smallest absolute Gasteiger partial charge is 0.0626 e. The van der Waals surface area contributed by atoms with Gasteiger partial charge in [-0.05, 0) is 103 Å². The first-order chi connectivity index (χ1) is 30.3. The fourth-order valence-corrected chi connectivity index (χ4v) is 12.7. The summed E-state index contributed by atoms with van der Waals surface area (Å²) in [5, 5.41) is 10.5. The zero-order valence-corrected chi connectivity index (χ0v) is 35.1. The monoisotopic (exact) mass is 788 g/mol. The second-order valence-corrected chi connectivity index (χ2v) is 19.2. The molecule has 2 nitrogen and oxygen atoms in total. The Morgan fingerprint density at radius 2 is 0.677 bits per heavy atom. The van der Waals surface area contributed by atoms with Crippen LogP contribution in [0.25, 0.3) is 121 Å². The summed E-state index contributed by atoms with van der Waals surface area (Å²) in [4.78, 5) is 0. The van der Waals surface area contributed by atoms with E-state index in [1.54, 1.807) is 0 Å². The van der Waals surface area contributed by atoms with Crippen LogP contribution in [0.3, 0.4) is 0 Å². The zero-order chi connectivity index (χ0) is 41.0. The van der Waals surface area contributed by atoms with Crippen LogP contribution in [-0.2, 0) is 10.8 Å². The predicted octanol–water partition coefficient (Wildman–Crippen LogP) is 15.9. The van der Waals surface area contributed by atoms with Crippen LogP contribution in [0.5, 0.6) is 0 Å². The van der Waals surface area contributed by atoms with E-state index in [-0.39, 0.29) is 10.8 Å². The molecule has 2 heteroatoms. The number of rotatable bonds is 2. The van der Waals surface area contributed by atoms with Crippen LogP contribution in [0.1, 0.15) is 49.9 Å². The van der Waals surface area contributed by atoms with E-state index in [1.807, 2.05) is 0 Å². The lowest BCUT2D eigenvalue weighted by Gasteiger charge is -2.22. The molecule has 4 aromatic heterocycles. The normalized spacial score (nSPS) is 15.0. The molecule has 290 valence electrons. The van der Waals surface area contributed by atoms with Gasteiger partial charge in [0.05, 0.1) is 33.1 Å². The largest absolute Gasteiger partial charge is 0.308 e. The van der Waals surface area contributed by atoms with Gasteiger partial charge in [-0.3, -0.25) is 0 Å². The van der Waals surface area contributed by atoms with Gasteiger partial charge in [-0.2, -0.15) is 0 Å². The molecule has 0 fully saturated rings. The summed E-state index contributed by atoms with van der Waals surface area (Å²) in [7, 11) is 0. The standard InChI is InChI=1S/C60H40N2/c1-59(2)47-17-9-5-13-37(47)39-23-21-33(29-49(39)59)35-25-27-41-45-31-54-46(32-53(45)61-51-19-11-7-15-43(51)55(35)57(41)61)42-28-26-36(56-44-16-8-12-20-52(44)62(54)58(42)56)34-22-24-40-38-14-6-10-18-48(38)60(3,4)50(40)30-34/h5-32H,1-4H3. The Morgan fingerprint density at radius 1 is 0.290 bits per heavy atom.